The van der Waals surface area contributed by atoms with Gasteiger partial charge in [-0.2, -0.15) is 0 Å². The van der Waals surface area contributed by atoms with Crippen molar-refractivity contribution >= 4 is 17.9 Å². The second kappa shape index (κ2) is 3.73. The normalized spacial score (nSPS) is 14.5. The standard InChI is InChI=1S/C11H12N3O/c12-11(13)14-5-1-2-9-6-8(7-15)3-4-10(9)14/h3-4,6H,1-2,5H2,(H3,12,13). The summed E-state index contributed by atoms with van der Waals surface area (Å²) in [4.78, 5) is 12.3. The highest BCUT2D eigenvalue weighted by Crippen LogP contribution is 2.27. The summed E-state index contributed by atoms with van der Waals surface area (Å²) >= 11 is 0. The van der Waals surface area contributed by atoms with E-state index < -0.39 is 0 Å². The van der Waals surface area contributed by atoms with E-state index in [0.29, 0.717) is 5.56 Å². The fourth-order valence-electron chi connectivity index (χ4n) is 1.91. The van der Waals surface area contributed by atoms with Gasteiger partial charge in [0, 0.05) is 17.8 Å². The Balaban J connectivity index is 2.44. The molecule has 3 N–H and O–H groups in total. The monoisotopic (exact) mass is 202 g/mol. The van der Waals surface area contributed by atoms with Gasteiger partial charge in [0.2, 0.25) is 6.29 Å². The lowest BCUT2D eigenvalue weighted by atomic mass is 10.00. The van der Waals surface area contributed by atoms with Crippen molar-refractivity contribution in [2.75, 3.05) is 11.4 Å². The third-order valence-electron chi connectivity index (χ3n) is 2.61. The zero-order chi connectivity index (χ0) is 10.8. The van der Waals surface area contributed by atoms with Crippen LogP contribution in [0.4, 0.5) is 5.69 Å². The molecule has 1 aliphatic heterocycles. The van der Waals surface area contributed by atoms with E-state index in [1.165, 1.54) is 0 Å². The fraction of sp³-hybridized carbons (Fsp3) is 0.273. The zero-order valence-electron chi connectivity index (χ0n) is 8.29. The van der Waals surface area contributed by atoms with Gasteiger partial charge in [-0.1, -0.05) is 0 Å². The van der Waals surface area contributed by atoms with Gasteiger partial charge in [0.25, 0.3) is 0 Å². The summed E-state index contributed by atoms with van der Waals surface area (Å²) in [6, 6.07) is 5.35. The third kappa shape index (κ3) is 1.70. The molecule has 1 aromatic carbocycles. The highest BCUT2D eigenvalue weighted by Gasteiger charge is 2.18. The quantitative estimate of drug-likeness (QED) is 0.522. The van der Waals surface area contributed by atoms with Crippen molar-refractivity contribution in [1.29, 1.82) is 5.41 Å². The molecule has 0 amide bonds. The number of hydrogen-bond donors (Lipinski definition) is 2. The van der Waals surface area contributed by atoms with Crippen LogP contribution in [-0.2, 0) is 11.2 Å². The van der Waals surface area contributed by atoms with Crippen molar-refractivity contribution < 1.29 is 4.79 Å². The van der Waals surface area contributed by atoms with Crippen molar-refractivity contribution in [1.82, 2.24) is 0 Å². The SMILES string of the molecule is N=C(N)N1CCCc2cc([C]=O)ccc21. The Morgan fingerprint density at radius 3 is 3.00 bits per heavy atom. The largest absolute Gasteiger partial charge is 0.370 e. The molecule has 0 aromatic heterocycles. The smallest absolute Gasteiger partial charge is 0.233 e. The zero-order valence-corrected chi connectivity index (χ0v) is 8.29. The van der Waals surface area contributed by atoms with Gasteiger partial charge in [0.05, 0.1) is 0 Å². The van der Waals surface area contributed by atoms with Crippen molar-refractivity contribution in [2.24, 2.45) is 5.73 Å². The molecule has 0 atom stereocenters. The molecule has 4 nitrogen and oxygen atoms in total. The van der Waals surface area contributed by atoms with Gasteiger partial charge in [-0.3, -0.25) is 10.2 Å². The number of rotatable bonds is 1. The summed E-state index contributed by atoms with van der Waals surface area (Å²) in [6.07, 6.45) is 3.75. The molecule has 0 unspecified atom stereocenters. The Kier molecular flexibility index (Phi) is 2.41. The Labute approximate surface area is 88.2 Å². The van der Waals surface area contributed by atoms with Crippen LogP contribution in [0.2, 0.25) is 0 Å². The number of nitrogens with zero attached hydrogens (tertiary/aromatic N) is 1. The highest BCUT2D eigenvalue weighted by molar-refractivity contribution is 5.94. The van der Waals surface area contributed by atoms with E-state index in [1.54, 1.807) is 11.0 Å². The Morgan fingerprint density at radius 1 is 1.53 bits per heavy atom. The van der Waals surface area contributed by atoms with E-state index in [-0.39, 0.29) is 5.96 Å². The van der Waals surface area contributed by atoms with E-state index in [9.17, 15) is 4.79 Å². The minimum absolute atomic E-state index is 0.0544. The van der Waals surface area contributed by atoms with E-state index in [2.05, 4.69) is 0 Å². The van der Waals surface area contributed by atoms with Crippen LogP contribution in [0.15, 0.2) is 18.2 Å². The number of nitrogens with one attached hydrogen (secondary N) is 1. The maximum atomic E-state index is 10.5. The maximum Gasteiger partial charge on any atom is 0.233 e. The molecule has 1 aliphatic rings. The minimum atomic E-state index is 0.0544. The van der Waals surface area contributed by atoms with Crippen LogP contribution in [-0.4, -0.2) is 18.8 Å². The number of guanidine groups is 1. The molecule has 77 valence electrons. The molecule has 15 heavy (non-hydrogen) atoms. The van der Waals surface area contributed by atoms with E-state index in [0.717, 1.165) is 30.6 Å². The summed E-state index contributed by atoms with van der Waals surface area (Å²) in [5.74, 6) is 0.0544. The van der Waals surface area contributed by atoms with Crippen LogP contribution >= 0.6 is 0 Å². The Bertz CT molecular complexity index is 414. The van der Waals surface area contributed by atoms with Crippen molar-refractivity contribution in [2.45, 2.75) is 12.8 Å². The Hall–Kier alpha value is -1.84. The van der Waals surface area contributed by atoms with Gasteiger partial charge in [0.1, 0.15) is 0 Å². The summed E-state index contributed by atoms with van der Waals surface area (Å²) in [6.45, 7) is 0.770. The van der Waals surface area contributed by atoms with Crippen LogP contribution in [0.5, 0.6) is 0 Å². The molecule has 0 bridgehead atoms. The summed E-state index contributed by atoms with van der Waals surface area (Å²) in [5, 5.41) is 7.44. The lowest BCUT2D eigenvalue weighted by molar-refractivity contribution is 0.562. The van der Waals surface area contributed by atoms with Crippen LogP contribution in [0.25, 0.3) is 0 Å². The number of carbonyl (C=O) groups excluding carboxylic acids is 1. The average Bonchev–Trinajstić information content (AvgIpc) is 2.27. The van der Waals surface area contributed by atoms with Crippen molar-refractivity contribution in [3.8, 4) is 0 Å². The molecule has 1 heterocycles. The van der Waals surface area contributed by atoms with Gasteiger partial charge in [0.15, 0.2) is 5.96 Å². The number of nitrogens with two attached hydrogens (primary N) is 1. The van der Waals surface area contributed by atoms with Gasteiger partial charge in [-0.25, -0.2) is 0 Å². The molecule has 4 heteroatoms. The number of aryl methyl sites for hydroxylation is 1. The van der Waals surface area contributed by atoms with Crippen molar-refractivity contribution in [3.05, 3.63) is 29.3 Å². The summed E-state index contributed by atoms with van der Waals surface area (Å²) < 4.78 is 0. The predicted octanol–water partition coefficient (Wildman–Crippen LogP) is 0.790. The van der Waals surface area contributed by atoms with Crippen LogP contribution < -0.4 is 10.6 Å². The number of fused-ring (bicyclic) bond motifs is 1. The highest BCUT2D eigenvalue weighted by atomic mass is 16.1. The van der Waals surface area contributed by atoms with Crippen molar-refractivity contribution in [3.63, 3.8) is 0 Å². The molecule has 2 rings (SSSR count). The summed E-state index contributed by atoms with van der Waals surface area (Å²) in [5.41, 5.74) is 8.04. The van der Waals surface area contributed by atoms with Gasteiger partial charge >= 0.3 is 0 Å². The van der Waals surface area contributed by atoms with E-state index in [1.807, 2.05) is 18.4 Å². The van der Waals surface area contributed by atoms with Crippen LogP contribution in [0.3, 0.4) is 0 Å². The number of anilines is 1. The molecule has 0 spiro atoms. The first-order valence-corrected chi connectivity index (χ1v) is 4.85. The topological polar surface area (TPSA) is 70.2 Å². The van der Waals surface area contributed by atoms with Gasteiger partial charge in [-0.15, -0.1) is 0 Å². The maximum absolute atomic E-state index is 10.5. The first-order valence-electron chi connectivity index (χ1n) is 4.85. The third-order valence-corrected chi connectivity index (χ3v) is 2.61. The first-order chi connectivity index (χ1) is 7.22. The molecular weight excluding hydrogens is 190 g/mol. The molecule has 0 saturated heterocycles. The second-order valence-electron chi connectivity index (χ2n) is 3.59. The average molecular weight is 202 g/mol. The molecule has 1 radical (unpaired) electrons. The summed E-state index contributed by atoms with van der Waals surface area (Å²) in [7, 11) is 0. The van der Waals surface area contributed by atoms with Gasteiger partial charge in [-0.05, 0) is 36.6 Å². The molecule has 1 aromatic rings. The Morgan fingerprint density at radius 2 is 2.33 bits per heavy atom. The first kappa shape index (κ1) is 9.71. The molecule has 0 fully saturated rings. The van der Waals surface area contributed by atoms with Gasteiger partial charge < -0.3 is 10.6 Å². The lowest BCUT2D eigenvalue weighted by Crippen LogP contribution is -2.39. The molecule has 0 aliphatic carbocycles. The van der Waals surface area contributed by atoms with Crippen LogP contribution in [0.1, 0.15) is 17.5 Å². The number of benzene rings is 1. The van der Waals surface area contributed by atoms with E-state index >= 15 is 0 Å². The second-order valence-corrected chi connectivity index (χ2v) is 3.59. The minimum Gasteiger partial charge on any atom is -0.370 e. The van der Waals surface area contributed by atoms with Crippen LogP contribution in [0, 0.1) is 5.41 Å². The molecule has 0 saturated carbocycles. The molecular formula is C11H12N3O. The number of hydrogen-bond acceptors (Lipinski definition) is 2. The fourth-order valence-corrected chi connectivity index (χ4v) is 1.91. The van der Waals surface area contributed by atoms with E-state index in [4.69, 9.17) is 11.1 Å². The lowest BCUT2D eigenvalue weighted by Gasteiger charge is -2.29. The predicted molar refractivity (Wildman–Crippen MR) is 58.8 cm³/mol.